The van der Waals surface area contributed by atoms with E-state index in [9.17, 15) is 19.2 Å². The molecular formula is C20H21FN2O4. The Bertz CT molecular complexity index is 945. The number of hydrogen-bond donors (Lipinski definition) is 0. The molecule has 0 bridgehead atoms. The van der Waals surface area contributed by atoms with Gasteiger partial charge >= 0.3 is 11.9 Å². The number of carbonyl (C=O) groups excluding carboxylic acids is 2. The van der Waals surface area contributed by atoms with Crippen molar-refractivity contribution in [3.8, 4) is 6.07 Å². The largest absolute Gasteiger partial charge is 0.465 e. The van der Waals surface area contributed by atoms with Gasteiger partial charge in [-0.05, 0) is 52.0 Å². The molecule has 1 heterocycles. The Balaban J connectivity index is 2.50. The summed E-state index contributed by atoms with van der Waals surface area (Å²) < 4.78 is 25.4. The van der Waals surface area contributed by atoms with Gasteiger partial charge in [0.2, 0.25) is 0 Å². The van der Waals surface area contributed by atoms with E-state index in [2.05, 4.69) is 0 Å². The van der Waals surface area contributed by atoms with Crippen LogP contribution in [0.3, 0.4) is 0 Å². The van der Waals surface area contributed by atoms with Crippen LogP contribution in [0.4, 0.5) is 4.39 Å². The van der Waals surface area contributed by atoms with Crippen molar-refractivity contribution >= 4 is 28.9 Å². The molecule has 0 saturated carbocycles. The molecule has 0 fully saturated rings. The molecule has 0 amide bonds. The van der Waals surface area contributed by atoms with Crippen LogP contribution in [-0.4, -0.2) is 28.7 Å². The van der Waals surface area contributed by atoms with Crippen molar-refractivity contribution in [1.29, 1.82) is 5.26 Å². The average molecular weight is 372 g/mol. The third-order valence-corrected chi connectivity index (χ3v) is 3.52. The van der Waals surface area contributed by atoms with E-state index in [1.54, 1.807) is 33.9 Å². The van der Waals surface area contributed by atoms with Crippen molar-refractivity contribution in [3.05, 3.63) is 41.3 Å². The molecule has 0 aliphatic rings. The summed E-state index contributed by atoms with van der Waals surface area (Å²) in [6.07, 6.45) is 2.94. The number of aromatic nitrogens is 1. The zero-order valence-electron chi connectivity index (χ0n) is 15.7. The fraction of sp³-hybridized carbons (Fsp3) is 0.350. The Morgan fingerprint density at radius 3 is 2.63 bits per heavy atom. The molecule has 0 saturated heterocycles. The van der Waals surface area contributed by atoms with E-state index in [1.807, 2.05) is 6.07 Å². The van der Waals surface area contributed by atoms with Crippen LogP contribution in [0.15, 0.2) is 30.0 Å². The molecule has 0 aliphatic carbocycles. The molecule has 6 nitrogen and oxygen atoms in total. The quantitative estimate of drug-likeness (QED) is 0.455. The monoisotopic (exact) mass is 372 g/mol. The lowest BCUT2D eigenvalue weighted by Crippen LogP contribution is -2.24. The Labute approximate surface area is 156 Å². The molecule has 2 rings (SSSR count). The van der Waals surface area contributed by atoms with Gasteiger partial charge in [-0.15, -0.1) is 0 Å². The summed E-state index contributed by atoms with van der Waals surface area (Å²) in [6, 6.07) is 5.92. The lowest BCUT2D eigenvalue weighted by molar-refractivity contribution is -0.149. The zero-order valence-corrected chi connectivity index (χ0v) is 15.7. The number of rotatable bonds is 5. The third-order valence-electron chi connectivity index (χ3n) is 3.52. The maximum atomic E-state index is 13.7. The number of nitriles is 1. The van der Waals surface area contributed by atoms with E-state index in [0.29, 0.717) is 16.5 Å². The van der Waals surface area contributed by atoms with E-state index in [0.717, 1.165) is 0 Å². The maximum absolute atomic E-state index is 13.7. The molecule has 0 spiro atoms. The lowest BCUT2D eigenvalue weighted by Gasteiger charge is -2.18. The molecule has 0 radical (unpaired) electrons. The maximum Gasteiger partial charge on any atom is 0.349 e. The first-order valence-electron chi connectivity index (χ1n) is 8.43. The number of halogens is 1. The number of benzene rings is 1. The van der Waals surface area contributed by atoms with Crippen molar-refractivity contribution in [2.24, 2.45) is 0 Å². The Morgan fingerprint density at radius 1 is 1.33 bits per heavy atom. The van der Waals surface area contributed by atoms with Crippen LogP contribution in [0.5, 0.6) is 0 Å². The minimum Gasteiger partial charge on any atom is -0.465 e. The van der Waals surface area contributed by atoms with Crippen molar-refractivity contribution in [3.63, 3.8) is 0 Å². The summed E-state index contributed by atoms with van der Waals surface area (Å²) in [7, 11) is 0. The highest BCUT2D eigenvalue weighted by Gasteiger charge is 2.21. The van der Waals surface area contributed by atoms with Gasteiger partial charge < -0.3 is 14.0 Å². The van der Waals surface area contributed by atoms with Crippen LogP contribution >= 0.6 is 0 Å². The summed E-state index contributed by atoms with van der Waals surface area (Å²) in [5.74, 6) is -1.69. The number of nitrogens with zero attached hydrogens (tertiary/aromatic N) is 2. The fourth-order valence-corrected chi connectivity index (χ4v) is 2.51. The van der Waals surface area contributed by atoms with Gasteiger partial charge in [0.25, 0.3) is 0 Å². The smallest absolute Gasteiger partial charge is 0.349 e. The van der Waals surface area contributed by atoms with Crippen molar-refractivity contribution in [2.45, 2.75) is 39.8 Å². The van der Waals surface area contributed by atoms with Crippen LogP contribution in [0.2, 0.25) is 0 Å². The molecule has 0 unspecified atom stereocenters. The van der Waals surface area contributed by atoms with Gasteiger partial charge in [0.1, 0.15) is 29.6 Å². The highest BCUT2D eigenvalue weighted by molar-refractivity contribution is 6.01. The Kier molecular flexibility index (Phi) is 6.01. The summed E-state index contributed by atoms with van der Waals surface area (Å²) in [5.41, 5.74) is 0.0190. The Hall–Kier alpha value is -3.14. The molecule has 27 heavy (non-hydrogen) atoms. The van der Waals surface area contributed by atoms with Crippen molar-refractivity contribution < 1.29 is 23.5 Å². The highest BCUT2D eigenvalue weighted by Crippen LogP contribution is 2.25. The van der Waals surface area contributed by atoms with Gasteiger partial charge in [-0.25, -0.2) is 9.18 Å². The van der Waals surface area contributed by atoms with E-state index >= 15 is 0 Å². The molecule has 142 valence electrons. The predicted octanol–water partition coefficient (Wildman–Crippen LogP) is 3.59. The molecule has 0 N–H and O–H groups in total. The van der Waals surface area contributed by atoms with Crippen molar-refractivity contribution in [1.82, 2.24) is 4.57 Å². The van der Waals surface area contributed by atoms with Gasteiger partial charge in [-0.1, -0.05) is 0 Å². The normalized spacial score (nSPS) is 11.9. The Morgan fingerprint density at radius 2 is 2.04 bits per heavy atom. The number of fused-ring (bicyclic) bond motifs is 1. The summed E-state index contributed by atoms with van der Waals surface area (Å²) in [5, 5.41) is 9.93. The van der Waals surface area contributed by atoms with Crippen LogP contribution in [0.25, 0.3) is 17.0 Å². The van der Waals surface area contributed by atoms with Crippen molar-refractivity contribution in [2.75, 3.05) is 6.61 Å². The third kappa shape index (κ3) is 5.17. The lowest BCUT2D eigenvalue weighted by atomic mass is 10.1. The van der Waals surface area contributed by atoms with E-state index in [-0.39, 0.29) is 18.7 Å². The number of carbonyl (C=O) groups is 2. The van der Waals surface area contributed by atoms with Gasteiger partial charge in [-0.3, -0.25) is 4.79 Å². The first-order chi connectivity index (χ1) is 12.6. The minimum absolute atomic E-state index is 0.115. The highest BCUT2D eigenvalue weighted by atomic mass is 19.1. The minimum atomic E-state index is -0.751. The van der Waals surface area contributed by atoms with Gasteiger partial charge in [-0.2, -0.15) is 5.26 Å². The van der Waals surface area contributed by atoms with Crippen LogP contribution in [0, 0.1) is 17.1 Å². The molecule has 1 aromatic carbocycles. The molecule has 1 aromatic heterocycles. The molecular weight excluding hydrogens is 351 g/mol. The topological polar surface area (TPSA) is 81.3 Å². The van der Waals surface area contributed by atoms with Gasteiger partial charge in [0, 0.05) is 17.1 Å². The standard InChI is InChI=1S/C20H21FN2O4/c1-5-26-18(24)12-23-11-14(16-7-6-15(21)9-17(16)23)8-13(10-22)19(25)27-20(2,3)4/h6-9,11H,5,12H2,1-4H3/b13-8+. The van der Waals surface area contributed by atoms with E-state index in [1.165, 1.54) is 28.8 Å². The molecule has 7 heteroatoms. The second-order valence-electron chi connectivity index (χ2n) is 6.85. The first-order valence-corrected chi connectivity index (χ1v) is 8.43. The van der Waals surface area contributed by atoms with E-state index < -0.39 is 23.4 Å². The second-order valence-corrected chi connectivity index (χ2v) is 6.85. The summed E-state index contributed by atoms with van der Waals surface area (Å²) >= 11 is 0. The van der Waals surface area contributed by atoms with Gasteiger partial charge in [0.15, 0.2) is 0 Å². The molecule has 2 aromatic rings. The molecule has 0 aliphatic heterocycles. The number of hydrogen-bond acceptors (Lipinski definition) is 5. The molecule has 0 atom stereocenters. The summed E-state index contributed by atoms with van der Waals surface area (Å²) in [4.78, 5) is 24.0. The zero-order chi connectivity index (χ0) is 20.2. The van der Waals surface area contributed by atoms with Crippen LogP contribution in [-0.2, 0) is 25.6 Å². The second kappa shape index (κ2) is 8.04. The van der Waals surface area contributed by atoms with E-state index in [4.69, 9.17) is 9.47 Å². The van der Waals surface area contributed by atoms with Crippen LogP contribution in [0.1, 0.15) is 33.3 Å². The SMILES string of the molecule is CCOC(=O)Cn1cc(/C=C(\C#N)C(=O)OC(C)(C)C)c2ccc(F)cc21. The van der Waals surface area contributed by atoms with Crippen LogP contribution < -0.4 is 0 Å². The first kappa shape index (κ1) is 20.2. The fourth-order valence-electron chi connectivity index (χ4n) is 2.51. The average Bonchev–Trinajstić information content (AvgIpc) is 2.87. The van der Waals surface area contributed by atoms with Gasteiger partial charge in [0.05, 0.1) is 12.1 Å². The predicted molar refractivity (Wildman–Crippen MR) is 98.0 cm³/mol. The number of ether oxygens (including phenoxy) is 2. The summed E-state index contributed by atoms with van der Waals surface area (Å²) in [6.45, 7) is 6.92. The number of esters is 2.